The zero-order chi connectivity index (χ0) is 19.7. The Labute approximate surface area is 162 Å². The highest BCUT2D eigenvalue weighted by molar-refractivity contribution is 6.00. The first-order valence-electron chi connectivity index (χ1n) is 9.97. The maximum Gasteiger partial charge on any atom is 0.261 e. The minimum Gasteiger partial charge on any atom is -0.352 e. The molecule has 2 N–H and O–H groups in total. The molecular formula is C21H24FN3O3. The van der Waals surface area contributed by atoms with Gasteiger partial charge in [0.25, 0.3) is 11.5 Å². The van der Waals surface area contributed by atoms with E-state index in [0.717, 1.165) is 32.1 Å². The molecule has 4 rings (SSSR count). The van der Waals surface area contributed by atoms with E-state index in [1.807, 2.05) is 0 Å². The molecule has 7 heteroatoms. The van der Waals surface area contributed by atoms with Gasteiger partial charge in [0.15, 0.2) is 0 Å². The van der Waals surface area contributed by atoms with Gasteiger partial charge in [-0.15, -0.1) is 0 Å². The highest BCUT2D eigenvalue weighted by Crippen LogP contribution is 2.23. The molecule has 2 aliphatic rings. The van der Waals surface area contributed by atoms with Crippen LogP contribution in [0.25, 0.3) is 10.9 Å². The number of aromatic nitrogens is 1. The minimum atomic E-state index is -0.568. The first kappa shape index (κ1) is 18.7. The van der Waals surface area contributed by atoms with E-state index >= 15 is 0 Å². The minimum absolute atomic E-state index is 0.0172. The summed E-state index contributed by atoms with van der Waals surface area (Å²) in [5.41, 5.74) is -0.243. The molecule has 1 atom stereocenters. The second kappa shape index (κ2) is 7.73. The fourth-order valence-corrected chi connectivity index (χ4v) is 4.31. The van der Waals surface area contributed by atoms with Crippen LogP contribution >= 0.6 is 0 Å². The van der Waals surface area contributed by atoms with Crippen LogP contribution in [-0.4, -0.2) is 40.3 Å². The summed E-state index contributed by atoms with van der Waals surface area (Å²) in [5.74, 6) is -1.04. The molecule has 1 aromatic carbocycles. The Morgan fingerprint density at radius 3 is 2.64 bits per heavy atom. The number of fused-ring (bicyclic) bond motifs is 1. The lowest BCUT2D eigenvalue weighted by Crippen LogP contribution is -2.49. The summed E-state index contributed by atoms with van der Waals surface area (Å²) in [7, 11) is 0. The standard InChI is InChI=1S/C21H24FN3O3/c22-14-9-8-13-11-16(19(26)24-17(13)12-14)21(28)25-10-4-7-18(25)20(27)23-15-5-2-1-3-6-15/h8-9,11-12,15,18H,1-7,10H2,(H,23,27)(H,24,26). The highest BCUT2D eigenvalue weighted by atomic mass is 19.1. The third kappa shape index (κ3) is 3.66. The molecule has 1 aliphatic heterocycles. The average Bonchev–Trinajstić information content (AvgIpc) is 3.17. The predicted molar refractivity (Wildman–Crippen MR) is 104 cm³/mol. The van der Waals surface area contributed by atoms with Gasteiger partial charge in [0.1, 0.15) is 17.4 Å². The van der Waals surface area contributed by atoms with Crippen molar-refractivity contribution < 1.29 is 14.0 Å². The molecule has 148 valence electrons. The van der Waals surface area contributed by atoms with E-state index in [1.165, 1.54) is 35.6 Å². The number of likely N-dealkylation sites (tertiary alicyclic amines) is 1. The Hall–Kier alpha value is -2.70. The average molecular weight is 385 g/mol. The van der Waals surface area contributed by atoms with Crippen molar-refractivity contribution in [3.05, 3.63) is 46.0 Å². The molecule has 0 radical (unpaired) electrons. The number of benzene rings is 1. The van der Waals surface area contributed by atoms with Crippen LogP contribution in [0.5, 0.6) is 0 Å². The van der Waals surface area contributed by atoms with Crippen LogP contribution in [0, 0.1) is 5.82 Å². The monoisotopic (exact) mass is 385 g/mol. The number of carbonyl (C=O) groups excluding carboxylic acids is 2. The molecule has 1 aromatic heterocycles. The molecule has 1 unspecified atom stereocenters. The van der Waals surface area contributed by atoms with Crippen molar-refractivity contribution in [1.29, 1.82) is 0 Å². The molecule has 2 fully saturated rings. The van der Waals surface area contributed by atoms with E-state index < -0.39 is 23.3 Å². The van der Waals surface area contributed by atoms with E-state index in [4.69, 9.17) is 0 Å². The van der Waals surface area contributed by atoms with Gasteiger partial charge >= 0.3 is 0 Å². The van der Waals surface area contributed by atoms with Gasteiger partial charge in [0.2, 0.25) is 5.91 Å². The van der Waals surface area contributed by atoms with E-state index in [1.54, 1.807) is 0 Å². The van der Waals surface area contributed by atoms with Crippen LogP contribution in [0.1, 0.15) is 55.3 Å². The number of rotatable bonds is 3. The summed E-state index contributed by atoms with van der Waals surface area (Å²) in [6, 6.07) is 5.14. The topological polar surface area (TPSA) is 82.3 Å². The molecule has 28 heavy (non-hydrogen) atoms. The lowest BCUT2D eigenvalue weighted by Gasteiger charge is -2.28. The highest BCUT2D eigenvalue weighted by Gasteiger charge is 2.36. The Morgan fingerprint density at radius 2 is 1.86 bits per heavy atom. The number of aromatic amines is 1. The number of nitrogens with zero attached hydrogens (tertiary/aromatic N) is 1. The van der Waals surface area contributed by atoms with Crippen LogP contribution < -0.4 is 10.9 Å². The van der Waals surface area contributed by atoms with Gasteiger partial charge in [0.05, 0.1) is 5.52 Å². The molecule has 1 aliphatic carbocycles. The molecule has 1 saturated carbocycles. The van der Waals surface area contributed by atoms with Gasteiger partial charge in [-0.1, -0.05) is 19.3 Å². The molecule has 0 bridgehead atoms. The van der Waals surface area contributed by atoms with Crippen LogP contribution in [0.3, 0.4) is 0 Å². The van der Waals surface area contributed by atoms with Crippen LogP contribution in [0.2, 0.25) is 0 Å². The third-order valence-corrected chi connectivity index (χ3v) is 5.81. The van der Waals surface area contributed by atoms with Gasteiger partial charge in [-0.3, -0.25) is 14.4 Å². The van der Waals surface area contributed by atoms with Crippen molar-refractivity contribution >= 4 is 22.7 Å². The summed E-state index contributed by atoms with van der Waals surface area (Å²) >= 11 is 0. The zero-order valence-corrected chi connectivity index (χ0v) is 15.7. The lowest BCUT2D eigenvalue weighted by atomic mass is 9.95. The fourth-order valence-electron chi connectivity index (χ4n) is 4.31. The van der Waals surface area contributed by atoms with Gasteiger partial charge in [0, 0.05) is 12.6 Å². The van der Waals surface area contributed by atoms with Crippen LogP contribution in [-0.2, 0) is 4.79 Å². The number of hydrogen-bond donors (Lipinski definition) is 2. The van der Waals surface area contributed by atoms with Crippen molar-refractivity contribution in [3.63, 3.8) is 0 Å². The lowest BCUT2D eigenvalue weighted by molar-refractivity contribution is -0.125. The molecule has 2 amide bonds. The number of amides is 2. The number of carbonyl (C=O) groups is 2. The largest absolute Gasteiger partial charge is 0.352 e. The quantitative estimate of drug-likeness (QED) is 0.852. The van der Waals surface area contributed by atoms with E-state index in [-0.39, 0.29) is 17.5 Å². The smallest absolute Gasteiger partial charge is 0.261 e. The Morgan fingerprint density at radius 1 is 1.07 bits per heavy atom. The number of nitrogens with one attached hydrogen (secondary N) is 2. The summed E-state index contributed by atoms with van der Waals surface area (Å²) in [4.78, 5) is 42.3. The van der Waals surface area contributed by atoms with Crippen molar-refractivity contribution in [3.8, 4) is 0 Å². The Bertz CT molecular complexity index is 965. The van der Waals surface area contributed by atoms with Crippen LogP contribution in [0.4, 0.5) is 4.39 Å². The molecule has 6 nitrogen and oxygen atoms in total. The SMILES string of the molecule is O=C(NC1CCCCC1)C1CCCN1C(=O)c1cc2ccc(F)cc2[nH]c1=O. The molecule has 1 saturated heterocycles. The van der Waals surface area contributed by atoms with Crippen molar-refractivity contribution in [2.75, 3.05) is 6.54 Å². The van der Waals surface area contributed by atoms with Gasteiger partial charge in [-0.2, -0.15) is 0 Å². The molecule has 2 heterocycles. The number of pyridine rings is 1. The van der Waals surface area contributed by atoms with E-state index in [9.17, 15) is 18.8 Å². The first-order chi connectivity index (χ1) is 13.5. The first-order valence-corrected chi connectivity index (χ1v) is 9.97. The predicted octanol–water partition coefficient (Wildman–Crippen LogP) is 2.72. The zero-order valence-electron chi connectivity index (χ0n) is 15.7. The van der Waals surface area contributed by atoms with Gasteiger partial charge < -0.3 is 15.2 Å². The molecule has 0 spiro atoms. The number of halogens is 1. The number of H-pyrrole nitrogens is 1. The Kier molecular flexibility index (Phi) is 5.15. The van der Waals surface area contributed by atoms with Crippen molar-refractivity contribution in [2.24, 2.45) is 0 Å². The van der Waals surface area contributed by atoms with Gasteiger partial charge in [-0.05, 0) is 55.3 Å². The summed E-state index contributed by atoms with van der Waals surface area (Å²) in [6.45, 7) is 0.447. The second-order valence-electron chi connectivity index (χ2n) is 7.74. The third-order valence-electron chi connectivity index (χ3n) is 5.81. The summed E-state index contributed by atoms with van der Waals surface area (Å²) in [5, 5.41) is 3.66. The molecule has 2 aromatic rings. The summed E-state index contributed by atoms with van der Waals surface area (Å²) in [6.07, 6.45) is 6.72. The Balaban J connectivity index is 1.55. The van der Waals surface area contributed by atoms with Crippen molar-refractivity contribution in [2.45, 2.75) is 57.0 Å². The normalized spacial score (nSPS) is 20.5. The maximum absolute atomic E-state index is 13.4. The molecular weight excluding hydrogens is 361 g/mol. The van der Waals surface area contributed by atoms with E-state index in [0.29, 0.717) is 23.9 Å². The maximum atomic E-state index is 13.4. The summed E-state index contributed by atoms with van der Waals surface area (Å²) < 4.78 is 13.4. The van der Waals surface area contributed by atoms with E-state index in [2.05, 4.69) is 10.3 Å². The second-order valence-corrected chi connectivity index (χ2v) is 7.74. The van der Waals surface area contributed by atoms with Gasteiger partial charge in [-0.25, -0.2) is 4.39 Å². The van der Waals surface area contributed by atoms with Crippen LogP contribution in [0.15, 0.2) is 29.1 Å². The van der Waals surface area contributed by atoms with Crippen molar-refractivity contribution in [1.82, 2.24) is 15.2 Å². The fraction of sp³-hybridized carbons (Fsp3) is 0.476. The number of hydrogen-bond acceptors (Lipinski definition) is 3.